The van der Waals surface area contributed by atoms with Crippen LogP contribution in [0.5, 0.6) is 0 Å². The van der Waals surface area contributed by atoms with Crippen molar-refractivity contribution in [2.24, 2.45) is 0 Å². The van der Waals surface area contributed by atoms with Gasteiger partial charge in [0.2, 0.25) is 0 Å². The van der Waals surface area contributed by atoms with Crippen LogP contribution in [0.4, 0.5) is 0 Å². The monoisotopic (exact) mass is 736 g/mol. The van der Waals surface area contributed by atoms with Gasteiger partial charge in [-0.15, -0.1) is 0 Å². The molecule has 3 aliphatic rings. The van der Waals surface area contributed by atoms with Crippen molar-refractivity contribution in [1.82, 2.24) is 9.97 Å². The summed E-state index contributed by atoms with van der Waals surface area (Å²) in [6.07, 6.45) is 13.3. The van der Waals surface area contributed by atoms with Gasteiger partial charge in [-0.1, -0.05) is 186 Å². The first-order valence-corrected chi connectivity index (χ1v) is 20.2. The van der Waals surface area contributed by atoms with Crippen molar-refractivity contribution in [3.63, 3.8) is 0 Å². The average Bonchev–Trinajstić information content (AvgIpc) is 3.45. The highest BCUT2D eigenvalue weighted by Crippen LogP contribution is 2.58. The zero-order valence-corrected chi connectivity index (χ0v) is 33.6. The minimum absolute atomic E-state index is 0.144. The van der Waals surface area contributed by atoms with Crippen LogP contribution in [-0.4, -0.2) is 9.97 Å². The van der Waals surface area contributed by atoms with Gasteiger partial charge in [0.15, 0.2) is 5.82 Å². The Morgan fingerprint density at radius 1 is 0.614 bits per heavy atom. The lowest BCUT2D eigenvalue weighted by Gasteiger charge is -2.32. The van der Waals surface area contributed by atoms with Crippen LogP contribution >= 0.6 is 0 Å². The maximum atomic E-state index is 5.07. The van der Waals surface area contributed by atoms with Crippen molar-refractivity contribution in [1.29, 1.82) is 0 Å². The van der Waals surface area contributed by atoms with Crippen LogP contribution in [0.2, 0.25) is 0 Å². The molecule has 9 rings (SSSR count). The van der Waals surface area contributed by atoms with Crippen molar-refractivity contribution in [3.05, 3.63) is 215 Å². The van der Waals surface area contributed by atoms with E-state index in [0.29, 0.717) is 0 Å². The SMILES string of the molecule is C=CC1=C(/C=C(\C)c2cccc(-c3ccc(-c4cc(C5=CCCC=C5)nc(-c5ccccc5)n4)cc3)c2)C(C)(C)c2ccccc2C2=C1c1ccccc1C2(C)C. The normalized spacial score (nSPS) is 16.7. The molecule has 0 amide bonds. The Kier molecular flexibility index (Phi) is 9.09. The van der Waals surface area contributed by atoms with E-state index in [1.165, 1.54) is 61.2 Å². The third-order valence-electron chi connectivity index (χ3n) is 12.3. The molecule has 1 aromatic heterocycles. The summed E-state index contributed by atoms with van der Waals surface area (Å²) < 4.78 is 0. The molecule has 5 aromatic carbocycles. The van der Waals surface area contributed by atoms with E-state index in [1.54, 1.807) is 0 Å². The highest BCUT2D eigenvalue weighted by Gasteiger charge is 2.44. The van der Waals surface area contributed by atoms with E-state index in [-0.39, 0.29) is 10.8 Å². The van der Waals surface area contributed by atoms with Gasteiger partial charge in [-0.25, -0.2) is 9.97 Å². The van der Waals surface area contributed by atoms with Crippen LogP contribution < -0.4 is 0 Å². The maximum absolute atomic E-state index is 5.07. The molecule has 3 aliphatic carbocycles. The number of aromatic nitrogens is 2. The molecular weight excluding hydrogens is 689 g/mol. The van der Waals surface area contributed by atoms with Gasteiger partial charge in [0.05, 0.1) is 11.4 Å². The number of fused-ring (bicyclic) bond motifs is 4. The molecule has 0 saturated carbocycles. The molecule has 0 fully saturated rings. The predicted octanol–water partition coefficient (Wildman–Crippen LogP) is 14.3. The molecule has 0 N–H and O–H groups in total. The van der Waals surface area contributed by atoms with Gasteiger partial charge in [0.1, 0.15) is 0 Å². The summed E-state index contributed by atoms with van der Waals surface area (Å²) in [5, 5.41) is 0. The summed E-state index contributed by atoms with van der Waals surface area (Å²) in [5.74, 6) is 0.741. The molecule has 2 nitrogen and oxygen atoms in total. The molecule has 0 bridgehead atoms. The van der Waals surface area contributed by atoms with Gasteiger partial charge < -0.3 is 0 Å². The largest absolute Gasteiger partial charge is 0.228 e. The molecule has 57 heavy (non-hydrogen) atoms. The van der Waals surface area contributed by atoms with Crippen LogP contribution in [0.1, 0.15) is 81.0 Å². The molecular formula is C55H48N2. The zero-order chi connectivity index (χ0) is 39.3. The highest BCUT2D eigenvalue weighted by molar-refractivity contribution is 6.10. The van der Waals surface area contributed by atoms with Gasteiger partial charge >= 0.3 is 0 Å². The minimum Gasteiger partial charge on any atom is -0.228 e. The number of hydrogen-bond acceptors (Lipinski definition) is 2. The highest BCUT2D eigenvalue weighted by atomic mass is 14.9. The van der Waals surface area contributed by atoms with E-state index in [1.807, 2.05) is 18.2 Å². The van der Waals surface area contributed by atoms with E-state index >= 15 is 0 Å². The molecule has 2 heteroatoms. The number of benzene rings is 5. The number of nitrogens with zero attached hydrogens (tertiary/aromatic N) is 2. The minimum atomic E-state index is -0.269. The van der Waals surface area contributed by atoms with E-state index in [2.05, 4.69) is 187 Å². The Morgan fingerprint density at radius 3 is 1.98 bits per heavy atom. The van der Waals surface area contributed by atoms with Crippen molar-refractivity contribution >= 4 is 22.3 Å². The summed E-state index contributed by atoms with van der Waals surface area (Å²) in [6.45, 7) is 16.2. The first-order valence-electron chi connectivity index (χ1n) is 20.2. The van der Waals surface area contributed by atoms with Crippen LogP contribution in [0.3, 0.4) is 0 Å². The quantitative estimate of drug-likeness (QED) is 0.163. The first kappa shape index (κ1) is 36.3. The maximum Gasteiger partial charge on any atom is 0.160 e. The summed E-state index contributed by atoms with van der Waals surface area (Å²) in [4.78, 5) is 10.1. The van der Waals surface area contributed by atoms with Gasteiger partial charge in [-0.05, 0) is 104 Å². The summed E-state index contributed by atoms with van der Waals surface area (Å²) >= 11 is 0. The molecule has 0 spiro atoms. The topological polar surface area (TPSA) is 25.8 Å². The average molecular weight is 737 g/mol. The third-order valence-corrected chi connectivity index (χ3v) is 12.3. The lowest BCUT2D eigenvalue weighted by Crippen LogP contribution is -2.24. The van der Waals surface area contributed by atoms with Gasteiger partial charge in [0.25, 0.3) is 0 Å². The van der Waals surface area contributed by atoms with E-state index < -0.39 is 0 Å². The predicted molar refractivity (Wildman–Crippen MR) is 241 cm³/mol. The zero-order valence-electron chi connectivity index (χ0n) is 33.6. The molecule has 6 aromatic rings. The van der Waals surface area contributed by atoms with Crippen molar-refractivity contribution in [3.8, 4) is 33.8 Å². The summed E-state index contributed by atoms with van der Waals surface area (Å²) in [5.41, 5.74) is 20.0. The van der Waals surface area contributed by atoms with Crippen molar-refractivity contribution < 1.29 is 0 Å². The fourth-order valence-corrected chi connectivity index (χ4v) is 9.25. The molecule has 0 aliphatic heterocycles. The lowest BCUT2D eigenvalue weighted by molar-refractivity contribution is 0.631. The molecule has 278 valence electrons. The Morgan fingerprint density at radius 2 is 1.26 bits per heavy atom. The van der Waals surface area contributed by atoms with Crippen molar-refractivity contribution in [2.45, 2.75) is 58.3 Å². The summed E-state index contributed by atoms with van der Waals surface area (Å²) in [6, 6.07) is 48.1. The second kappa shape index (κ2) is 14.3. The van der Waals surface area contributed by atoms with Crippen LogP contribution in [0.25, 0.3) is 56.1 Å². The Balaban J connectivity index is 1.10. The number of rotatable bonds is 7. The van der Waals surface area contributed by atoms with E-state index in [0.717, 1.165) is 52.3 Å². The van der Waals surface area contributed by atoms with Gasteiger partial charge in [0, 0.05) is 22.0 Å². The Hall–Kier alpha value is -6.38. The molecule has 0 radical (unpaired) electrons. The lowest BCUT2D eigenvalue weighted by atomic mass is 9.71. The molecule has 0 atom stereocenters. The van der Waals surface area contributed by atoms with Crippen LogP contribution in [-0.2, 0) is 10.8 Å². The number of allylic oxidation sites excluding steroid dienone is 11. The number of hydrogen-bond donors (Lipinski definition) is 0. The fraction of sp³-hybridized carbons (Fsp3) is 0.164. The van der Waals surface area contributed by atoms with Crippen LogP contribution in [0.15, 0.2) is 182 Å². The Bertz CT molecular complexity index is 2730. The van der Waals surface area contributed by atoms with Crippen LogP contribution in [0, 0.1) is 0 Å². The molecule has 0 saturated heterocycles. The smallest absolute Gasteiger partial charge is 0.160 e. The molecule has 1 heterocycles. The fourth-order valence-electron chi connectivity index (χ4n) is 9.25. The van der Waals surface area contributed by atoms with Crippen molar-refractivity contribution in [2.75, 3.05) is 0 Å². The van der Waals surface area contributed by atoms with E-state index in [4.69, 9.17) is 9.97 Å². The molecule has 0 unspecified atom stereocenters. The van der Waals surface area contributed by atoms with E-state index in [9.17, 15) is 0 Å². The van der Waals surface area contributed by atoms with Gasteiger partial charge in [-0.2, -0.15) is 0 Å². The standard InChI is InChI=1S/C55H48N2/c1-7-43-48(54(3,4)47-28-17-15-26-45(47)52-51(43)44-25-14-16-27-46(44)55(52,5)6)33-36(2)41-23-18-24-42(34-41)37-29-31-39(32-30-37)50-35-49(38-19-10-8-11-20-38)56-53(57-50)40-21-12-9-13-22-40/h7,9-10,12-35H,1,8,11H2,2-6H3/b36-33+. The second-order valence-corrected chi connectivity index (χ2v) is 16.6. The summed E-state index contributed by atoms with van der Waals surface area (Å²) in [7, 11) is 0. The van der Waals surface area contributed by atoms with Gasteiger partial charge in [-0.3, -0.25) is 0 Å². The first-order chi connectivity index (χ1) is 27.6. The third kappa shape index (κ3) is 6.30. The second-order valence-electron chi connectivity index (χ2n) is 16.6. The Labute approximate surface area is 338 Å².